The Morgan fingerprint density at radius 1 is 1.33 bits per heavy atom. The van der Waals surface area contributed by atoms with E-state index < -0.39 is 0 Å². The number of ether oxygens (including phenoxy) is 2. The van der Waals surface area contributed by atoms with Crippen molar-refractivity contribution in [3.8, 4) is 5.75 Å². The van der Waals surface area contributed by atoms with Gasteiger partial charge in [0.2, 0.25) is 5.43 Å². The zero-order valence-corrected chi connectivity index (χ0v) is 14.7. The van der Waals surface area contributed by atoms with Crippen molar-refractivity contribution >= 4 is 33.1 Å². The minimum absolute atomic E-state index is 0.0252. The molecule has 0 saturated carbocycles. The van der Waals surface area contributed by atoms with Gasteiger partial charge in [-0.2, -0.15) is 0 Å². The first kappa shape index (κ1) is 16.8. The van der Waals surface area contributed by atoms with E-state index in [0.717, 1.165) is 17.5 Å². The predicted octanol–water partition coefficient (Wildman–Crippen LogP) is 3.05. The highest BCUT2D eigenvalue weighted by molar-refractivity contribution is 7.16. The molecule has 3 rings (SSSR count). The Labute approximate surface area is 144 Å². The molecule has 0 aliphatic carbocycles. The summed E-state index contributed by atoms with van der Waals surface area (Å²) in [6.45, 7) is 3.63. The van der Waals surface area contributed by atoms with Gasteiger partial charge in [-0.15, -0.1) is 11.3 Å². The van der Waals surface area contributed by atoms with E-state index in [9.17, 15) is 9.59 Å². The summed E-state index contributed by atoms with van der Waals surface area (Å²) in [5, 5.41) is 2.60. The van der Waals surface area contributed by atoms with Crippen LogP contribution in [0.15, 0.2) is 28.4 Å². The molecule has 0 N–H and O–H groups in total. The first-order valence-corrected chi connectivity index (χ1v) is 9.03. The second-order valence-corrected chi connectivity index (χ2v) is 6.74. The molecule has 128 valence electrons. The number of methoxy groups -OCH3 is 1. The molecule has 1 fully saturated rings. The summed E-state index contributed by atoms with van der Waals surface area (Å²) in [5.74, 6) is 0.510. The van der Waals surface area contributed by atoms with Gasteiger partial charge < -0.3 is 14.4 Å². The van der Waals surface area contributed by atoms with Crippen molar-refractivity contribution in [2.75, 3.05) is 31.7 Å². The molecule has 0 spiro atoms. The van der Waals surface area contributed by atoms with Gasteiger partial charge in [-0.25, -0.2) is 0 Å². The van der Waals surface area contributed by atoms with Crippen LogP contribution in [-0.2, 0) is 9.53 Å². The van der Waals surface area contributed by atoms with Crippen LogP contribution in [0, 0.1) is 5.92 Å². The molecule has 0 amide bonds. The molecule has 5 nitrogen and oxygen atoms in total. The third kappa shape index (κ3) is 3.24. The monoisotopic (exact) mass is 347 g/mol. The van der Waals surface area contributed by atoms with Crippen LogP contribution >= 0.6 is 11.3 Å². The molecular formula is C18H21NO4S. The number of hydrogen-bond acceptors (Lipinski definition) is 6. The largest absolute Gasteiger partial charge is 0.497 e. The van der Waals surface area contributed by atoms with E-state index in [1.165, 1.54) is 0 Å². The van der Waals surface area contributed by atoms with Crippen molar-refractivity contribution in [3.63, 3.8) is 0 Å². The van der Waals surface area contributed by atoms with Gasteiger partial charge in [-0.1, -0.05) is 0 Å². The Kier molecular flexibility index (Phi) is 5.04. The lowest BCUT2D eigenvalue weighted by atomic mass is 9.97. The fourth-order valence-corrected chi connectivity index (χ4v) is 3.98. The maximum absolute atomic E-state index is 12.8. The fourth-order valence-electron chi connectivity index (χ4n) is 3.06. The third-order valence-corrected chi connectivity index (χ3v) is 5.37. The minimum atomic E-state index is -0.120. The van der Waals surface area contributed by atoms with Crippen LogP contribution < -0.4 is 15.1 Å². The summed E-state index contributed by atoms with van der Waals surface area (Å²) < 4.78 is 11.3. The summed E-state index contributed by atoms with van der Waals surface area (Å²) in [6, 6.07) is 5.57. The first-order valence-electron chi connectivity index (χ1n) is 8.15. The number of nitrogens with zero attached hydrogens (tertiary/aromatic N) is 1. The molecule has 1 aromatic heterocycles. The van der Waals surface area contributed by atoms with E-state index in [1.807, 2.05) is 24.4 Å². The van der Waals surface area contributed by atoms with Crippen LogP contribution in [0.25, 0.3) is 10.1 Å². The van der Waals surface area contributed by atoms with Crippen molar-refractivity contribution in [2.24, 2.45) is 5.92 Å². The van der Waals surface area contributed by atoms with Gasteiger partial charge in [-0.05, 0) is 38.0 Å². The molecule has 2 aromatic rings. The minimum Gasteiger partial charge on any atom is -0.497 e. The molecule has 6 heteroatoms. The topological polar surface area (TPSA) is 55.8 Å². The van der Waals surface area contributed by atoms with Crippen LogP contribution in [0.3, 0.4) is 0 Å². The smallest absolute Gasteiger partial charge is 0.309 e. The summed E-state index contributed by atoms with van der Waals surface area (Å²) in [5.41, 5.74) is 0.736. The zero-order valence-electron chi connectivity index (χ0n) is 13.9. The predicted molar refractivity (Wildman–Crippen MR) is 96.2 cm³/mol. The molecular weight excluding hydrogens is 326 g/mol. The zero-order chi connectivity index (χ0) is 17.1. The molecule has 1 aromatic carbocycles. The van der Waals surface area contributed by atoms with Crippen molar-refractivity contribution in [1.82, 2.24) is 0 Å². The molecule has 0 radical (unpaired) electrons. The van der Waals surface area contributed by atoms with E-state index in [0.29, 0.717) is 36.5 Å². The van der Waals surface area contributed by atoms with E-state index in [4.69, 9.17) is 9.47 Å². The number of fused-ring (bicyclic) bond motifs is 1. The summed E-state index contributed by atoms with van der Waals surface area (Å²) in [7, 11) is 1.60. The van der Waals surface area contributed by atoms with Gasteiger partial charge in [0.05, 0.1) is 25.3 Å². The molecule has 24 heavy (non-hydrogen) atoms. The van der Waals surface area contributed by atoms with E-state index in [1.54, 1.807) is 24.5 Å². The van der Waals surface area contributed by atoms with E-state index in [-0.39, 0.29) is 17.3 Å². The Bertz CT molecular complexity index is 793. The van der Waals surface area contributed by atoms with Gasteiger partial charge in [0.1, 0.15) is 5.75 Å². The standard InChI is InChI=1S/C18H21NO4S/c1-3-23-18(21)12-6-8-19(9-7-12)15-11-24-16-5-4-13(22-2)10-14(16)17(15)20/h4-5,10-12H,3,6-9H2,1-2H3. The van der Waals surface area contributed by atoms with Crippen LogP contribution in [-0.4, -0.2) is 32.8 Å². The van der Waals surface area contributed by atoms with Crippen LogP contribution in [0.4, 0.5) is 5.69 Å². The van der Waals surface area contributed by atoms with Gasteiger partial charge in [-0.3, -0.25) is 9.59 Å². The lowest BCUT2D eigenvalue weighted by Gasteiger charge is -2.32. The number of piperidine rings is 1. The molecule has 0 unspecified atom stereocenters. The van der Waals surface area contributed by atoms with Crippen molar-refractivity contribution < 1.29 is 14.3 Å². The highest BCUT2D eigenvalue weighted by atomic mass is 32.1. The van der Waals surface area contributed by atoms with E-state index >= 15 is 0 Å². The lowest BCUT2D eigenvalue weighted by Crippen LogP contribution is -2.38. The van der Waals surface area contributed by atoms with Crippen LogP contribution in [0.1, 0.15) is 19.8 Å². The van der Waals surface area contributed by atoms with Crippen LogP contribution in [0.2, 0.25) is 0 Å². The van der Waals surface area contributed by atoms with Gasteiger partial charge in [0, 0.05) is 28.6 Å². The second-order valence-electron chi connectivity index (χ2n) is 5.83. The normalized spacial score (nSPS) is 15.5. The van der Waals surface area contributed by atoms with E-state index in [2.05, 4.69) is 4.90 Å². The highest BCUT2D eigenvalue weighted by Crippen LogP contribution is 2.27. The van der Waals surface area contributed by atoms with Crippen molar-refractivity contribution in [2.45, 2.75) is 19.8 Å². The molecule has 1 saturated heterocycles. The summed E-state index contributed by atoms with van der Waals surface area (Å²) in [4.78, 5) is 26.7. The lowest BCUT2D eigenvalue weighted by molar-refractivity contribution is -0.148. The quantitative estimate of drug-likeness (QED) is 0.796. The Morgan fingerprint density at radius 2 is 2.08 bits per heavy atom. The van der Waals surface area contributed by atoms with Gasteiger partial charge in [0.25, 0.3) is 0 Å². The maximum Gasteiger partial charge on any atom is 0.309 e. The Balaban J connectivity index is 1.82. The molecule has 0 bridgehead atoms. The maximum atomic E-state index is 12.8. The summed E-state index contributed by atoms with van der Waals surface area (Å²) in [6.07, 6.45) is 1.44. The second kappa shape index (κ2) is 7.21. The molecule has 0 atom stereocenters. The Hall–Kier alpha value is -2.08. The number of hydrogen-bond donors (Lipinski definition) is 0. The number of carbonyl (C=O) groups is 1. The van der Waals surface area contributed by atoms with Crippen LogP contribution in [0.5, 0.6) is 5.75 Å². The van der Waals surface area contributed by atoms with Crippen molar-refractivity contribution in [3.05, 3.63) is 33.8 Å². The van der Waals surface area contributed by atoms with Crippen molar-refractivity contribution in [1.29, 1.82) is 0 Å². The Morgan fingerprint density at radius 3 is 2.75 bits per heavy atom. The average molecular weight is 347 g/mol. The number of esters is 1. The van der Waals surface area contributed by atoms with Gasteiger partial charge in [0.15, 0.2) is 0 Å². The first-order chi connectivity index (χ1) is 11.6. The number of anilines is 1. The highest BCUT2D eigenvalue weighted by Gasteiger charge is 2.27. The molecule has 1 aliphatic heterocycles. The number of rotatable bonds is 4. The fraction of sp³-hybridized carbons (Fsp3) is 0.444. The molecule has 2 heterocycles. The summed E-state index contributed by atoms with van der Waals surface area (Å²) >= 11 is 1.56. The number of carbonyl (C=O) groups excluding carboxylic acids is 1. The average Bonchev–Trinajstić information content (AvgIpc) is 2.62. The van der Waals surface area contributed by atoms with Gasteiger partial charge >= 0.3 is 5.97 Å². The SMILES string of the molecule is CCOC(=O)C1CCN(c2csc3ccc(OC)cc3c2=O)CC1. The number of benzene rings is 1. The molecule has 1 aliphatic rings. The third-order valence-electron chi connectivity index (χ3n) is 4.42.